The molecule has 0 atom stereocenters. The Morgan fingerprint density at radius 2 is 2.46 bits per heavy atom. The topological polar surface area (TPSA) is 63.8 Å². The van der Waals surface area contributed by atoms with Crippen LogP contribution in [0.25, 0.3) is 10.3 Å². The molecule has 0 saturated heterocycles. The molecule has 0 aliphatic rings. The van der Waals surface area contributed by atoms with Crippen LogP contribution in [0.15, 0.2) is 18.3 Å². The molecular formula is C8H10N4S. The van der Waals surface area contributed by atoms with Gasteiger partial charge in [0.15, 0.2) is 5.13 Å². The third-order valence-electron chi connectivity index (χ3n) is 1.59. The van der Waals surface area contributed by atoms with E-state index in [9.17, 15) is 0 Å². The van der Waals surface area contributed by atoms with E-state index in [2.05, 4.69) is 15.3 Å². The van der Waals surface area contributed by atoms with E-state index in [1.54, 1.807) is 17.5 Å². The molecule has 0 aromatic carbocycles. The van der Waals surface area contributed by atoms with E-state index < -0.39 is 0 Å². The quantitative estimate of drug-likeness (QED) is 0.767. The Bertz CT molecular complexity index is 365. The van der Waals surface area contributed by atoms with Crippen molar-refractivity contribution in [3.05, 3.63) is 18.3 Å². The van der Waals surface area contributed by atoms with Gasteiger partial charge in [-0.15, -0.1) is 0 Å². The van der Waals surface area contributed by atoms with Gasteiger partial charge in [0.1, 0.15) is 10.3 Å². The standard InChI is InChI=1S/C8H10N4S/c9-3-5-11-8-12-6-2-1-4-10-7(6)13-8/h1-2,4H,3,5,9H2,(H,11,12). The van der Waals surface area contributed by atoms with E-state index in [0.717, 1.165) is 22.0 Å². The van der Waals surface area contributed by atoms with Gasteiger partial charge in [0.25, 0.3) is 0 Å². The minimum Gasteiger partial charge on any atom is -0.360 e. The first-order valence-electron chi connectivity index (χ1n) is 4.05. The molecule has 13 heavy (non-hydrogen) atoms. The zero-order chi connectivity index (χ0) is 9.10. The molecule has 0 amide bonds. The lowest BCUT2D eigenvalue weighted by molar-refractivity contribution is 1.02. The van der Waals surface area contributed by atoms with Crippen LogP contribution in [0.4, 0.5) is 5.13 Å². The Labute approximate surface area is 79.8 Å². The minimum absolute atomic E-state index is 0.614. The van der Waals surface area contributed by atoms with E-state index in [0.29, 0.717) is 6.54 Å². The van der Waals surface area contributed by atoms with Crippen LogP contribution < -0.4 is 11.1 Å². The van der Waals surface area contributed by atoms with Crippen LogP contribution in [0.2, 0.25) is 0 Å². The summed E-state index contributed by atoms with van der Waals surface area (Å²) < 4.78 is 0. The van der Waals surface area contributed by atoms with E-state index in [1.165, 1.54) is 0 Å². The van der Waals surface area contributed by atoms with Crippen molar-refractivity contribution >= 4 is 26.8 Å². The van der Waals surface area contributed by atoms with Crippen LogP contribution in [-0.4, -0.2) is 23.1 Å². The lowest BCUT2D eigenvalue weighted by Gasteiger charge is -1.95. The second-order valence-corrected chi connectivity index (χ2v) is 3.54. The monoisotopic (exact) mass is 194 g/mol. The molecule has 0 unspecified atom stereocenters. The van der Waals surface area contributed by atoms with Crippen LogP contribution in [0.5, 0.6) is 0 Å². The normalized spacial score (nSPS) is 10.5. The van der Waals surface area contributed by atoms with Crippen LogP contribution >= 0.6 is 11.3 Å². The summed E-state index contributed by atoms with van der Waals surface area (Å²) in [5.74, 6) is 0. The molecule has 68 valence electrons. The highest BCUT2D eigenvalue weighted by Gasteiger charge is 2.01. The SMILES string of the molecule is NCCNc1nc2cccnc2s1. The Morgan fingerprint density at radius 3 is 3.23 bits per heavy atom. The van der Waals surface area contributed by atoms with E-state index >= 15 is 0 Å². The van der Waals surface area contributed by atoms with Gasteiger partial charge in [-0.25, -0.2) is 9.97 Å². The van der Waals surface area contributed by atoms with Gasteiger partial charge in [0.05, 0.1) is 0 Å². The molecule has 2 aromatic heterocycles. The summed E-state index contributed by atoms with van der Waals surface area (Å²) in [6.07, 6.45) is 1.77. The van der Waals surface area contributed by atoms with Crippen LogP contribution in [-0.2, 0) is 0 Å². The number of aromatic nitrogens is 2. The Balaban J connectivity index is 2.28. The van der Waals surface area contributed by atoms with E-state index in [-0.39, 0.29) is 0 Å². The summed E-state index contributed by atoms with van der Waals surface area (Å²) in [6, 6.07) is 3.83. The number of hydrogen-bond acceptors (Lipinski definition) is 5. The first kappa shape index (κ1) is 8.40. The lowest BCUT2D eigenvalue weighted by Crippen LogP contribution is -2.12. The number of anilines is 1. The molecule has 0 aliphatic carbocycles. The van der Waals surface area contributed by atoms with Crippen LogP contribution in [0, 0.1) is 0 Å². The van der Waals surface area contributed by atoms with Crippen LogP contribution in [0.1, 0.15) is 0 Å². The summed E-state index contributed by atoms with van der Waals surface area (Å²) in [6.45, 7) is 1.36. The number of pyridine rings is 1. The summed E-state index contributed by atoms with van der Waals surface area (Å²) in [5.41, 5.74) is 6.31. The van der Waals surface area contributed by atoms with E-state index in [1.807, 2.05) is 12.1 Å². The second kappa shape index (κ2) is 3.68. The predicted molar refractivity (Wildman–Crippen MR) is 55.0 cm³/mol. The molecule has 3 N–H and O–H groups in total. The number of thiazole rings is 1. The fourth-order valence-electron chi connectivity index (χ4n) is 1.02. The zero-order valence-corrected chi connectivity index (χ0v) is 7.84. The molecule has 0 bridgehead atoms. The summed E-state index contributed by atoms with van der Waals surface area (Å²) in [4.78, 5) is 9.49. The molecule has 0 radical (unpaired) electrons. The second-order valence-electron chi connectivity index (χ2n) is 2.56. The molecule has 5 heteroatoms. The number of fused-ring (bicyclic) bond motifs is 1. The van der Waals surface area contributed by atoms with Crippen molar-refractivity contribution in [3.8, 4) is 0 Å². The van der Waals surface area contributed by atoms with Gasteiger partial charge < -0.3 is 11.1 Å². The number of hydrogen-bond donors (Lipinski definition) is 2. The van der Waals surface area contributed by atoms with Crippen LogP contribution in [0.3, 0.4) is 0 Å². The van der Waals surface area contributed by atoms with Gasteiger partial charge in [0.2, 0.25) is 0 Å². The van der Waals surface area contributed by atoms with Crippen molar-refractivity contribution in [2.45, 2.75) is 0 Å². The molecule has 0 spiro atoms. The van der Waals surface area contributed by atoms with Crippen molar-refractivity contribution in [1.82, 2.24) is 9.97 Å². The maximum Gasteiger partial charge on any atom is 0.185 e. The highest BCUT2D eigenvalue weighted by molar-refractivity contribution is 7.21. The largest absolute Gasteiger partial charge is 0.360 e. The molecular weight excluding hydrogens is 184 g/mol. The number of nitrogens with zero attached hydrogens (tertiary/aromatic N) is 2. The van der Waals surface area contributed by atoms with Gasteiger partial charge in [-0.3, -0.25) is 0 Å². The number of nitrogens with one attached hydrogen (secondary N) is 1. The third kappa shape index (κ3) is 1.76. The Morgan fingerprint density at radius 1 is 1.54 bits per heavy atom. The molecule has 2 aromatic rings. The average Bonchev–Trinajstić information content (AvgIpc) is 2.57. The van der Waals surface area contributed by atoms with Crippen molar-refractivity contribution in [1.29, 1.82) is 0 Å². The highest BCUT2D eigenvalue weighted by atomic mass is 32.1. The Kier molecular flexibility index (Phi) is 2.37. The maximum atomic E-state index is 5.37. The van der Waals surface area contributed by atoms with E-state index in [4.69, 9.17) is 5.73 Å². The van der Waals surface area contributed by atoms with Gasteiger partial charge in [-0.2, -0.15) is 0 Å². The average molecular weight is 194 g/mol. The summed E-state index contributed by atoms with van der Waals surface area (Å²) >= 11 is 1.55. The van der Waals surface area contributed by atoms with Gasteiger partial charge in [-0.05, 0) is 12.1 Å². The molecule has 0 saturated carbocycles. The third-order valence-corrected chi connectivity index (χ3v) is 2.52. The summed E-state index contributed by atoms with van der Waals surface area (Å²) in [5, 5.41) is 4.01. The first-order chi connectivity index (χ1) is 6.40. The van der Waals surface area contributed by atoms with Crippen molar-refractivity contribution in [3.63, 3.8) is 0 Å². The molecule has 2 rings (SSSR count). The van der Waals surface area contributed by atoms with Gasteiger partial charge in [0, 0.05) is 19.3 Å². The van der Waals surface area contributed by atoms with Gasteiger partial charge >= 0.3 is 0 Å². The predicted octanol–water partition coefficient (Wildman–Crippen LogP) is 1.06. The first-order valence-corrected chi connectivity index (χ1v) is 4.87. The molecule has 4 nitrogen and oxygen atoms in total. The van der Waals surface area contributed by atoms with Gasteiger partial charge in [-0.1, -0.05) is 11.3 Å². The van der Waals surface area contributed by atoms with Crippen molar-refractivity contribution in [2.75, 3.05) is 18.4 Å². The number of nitrogens with two attached hydrogens (primary N) is 1. The lowest BCUT2D eigenvalue weighted by atomic mass is 10.5. The number of rotatable bonds is 3. The fourth-order valence-corrected chi connectivity index (χ4v) is 1.86. The molecule has 0 fully saturated rings. The van der Waals surface area contributed by atoms with Crippen molar-refractivity contribution < 1.29 is 0 Å². The smallest absolute Gasteiger partial charge is 0.185 e. The molecule has 0 aliphatic heterocycles. The highest BCUT2D eigenvalue weighted by Crippen LogP contribution is 2.22. The van der Waals surface area contributed by atoms with Crippen molar-refractivity contribution in [2.24, 2.45) is 5.73 Å². The fraction of sp³-hybridized carbons (Fsp3) is 0.250. The minimum atomic E-state index is 0.614. The molecule has 2 heterocycles. The summed E-state index contributed by atoms with van der Waals surface area (Å²) in [7, 11) is 0. The zero-order valence-electron chi connectivity index (χ0n) is 7.03. The maximum absolute atomic E-state index is 5.37. The Hall–Kier alpha value is -1.20.